The number of aliphatic carboxylic acids is 1. The number of hydrogen-bond acceptors (Lipinski definition) is 1. The quantitative estimate of drug-likeness (QED) is 0.869. The van der Waals surface area contributed by atoms with E-state index in [0.29, 0.717) is 5.92 Å². The fourth-order valence-corrected chi connectivity index (χ4v) is 3.60. The van der Waals surface area contributed by atoms with E-state index in [9.17, 15) is 4.79 Å². The summed E-state index contributed by atoms with van der Waals surface area (Å²) in [5, 5.41) is 11.2. The molecule has 3 heteroatoms. The van der Waals surface area contributed by atoms with Crippen molar-refractivity contribution >= 4 is 18.1 Å². The predicted octanol–water partition coefficient (Wildman–Crippen LogP) is 1.80. The van der Waals surface area contributed by atoms with Gasteiger partial charge in [0.05, 0.1) is 6.42 Å². The highest BCUT2D eigenvalue weighted by Crippen LogP contribution is 2.33. The maximum atomic E-state index is 10.9. The summed E-state index contributed by atoms with van der Waals surface area (Å²) in [6, 6.07) is 0. The second kappa shape index (κ2) is 5.24. The molecule has 1 aromatic heterocycles. The highest BCUT2D eigenvalue weighted by atomic mass is 16.4. The monoisotopic (exact) mass is 259 g/mol. The van der Waals surface area contributed by atoms with Crippen LogP contribution in [-0.2, 0) is 11.2 Å². The Morgan fingerprint density at radius 1 is 1.32 bits per heavy atom. The Hall–Kier alpha value is -1.51. The predicted molar refractivity (Wildman–Crippen MR) is 75.0 cm³/mol. The van der Waals surface area contributed by atoms with Crippen LogP contribution in [0.25, 0.3) is 12.2 Å². The fourth-order valence-electron chi connectivity index (χ4n) is 3.60. The van der Waals surface area contributed by atoms with Gasteiger partial charge in [0.25, 0.3) is 0 Å². The molecule has 0 aromatic carbocycles. The summed E-state index contributed by atoms with van der Waals surface area (Å²) >= 11 is 0. The van der Waals surface area contributed by atoms with Gasteiger partial charge in [0.15, 0.2) is 0 Å². The molecule has 1 aromatic rings. The van der Waals surface area contributed by atoms with Crippen molar-refractivity contribution in [2.24, 2.45) is 11.8 Å². The van der Waals surface area contributed by atoms with Gasteiger partial charge in [-0.3, -0.25) is 4.79 Å². The third kappa shape index (κ3) is 2.60. The first kappa shape index (κ1) is 12.5. The summed E-state index contributed by atoms with van der Waals surface area (Å²) in [7, 11) is 0. The first-order chi connectivity index (χ1) is 9.24. The van der Waals surface area contributed by atoms with Crippen molar-refractivity contribution in [2.75, 3.05) is 0 Å². The van der Waals surface area contributed by atoms with Crippen molar-refractivity contribution in [3.8, 4) is 0 Å². The van der Waals surface area contributed by atoms with Crippen LogP contribution >= 0.6 is 0 Å². The molecule has 1 atom stereocenters. The first-order valence-corrected chi connectivity index (χ1v) is 7.34. The van der Waals surface area contributed by atoms with E-state index in [1.165, 1.54) is 32.1 Å². The number of fused-ring (bicyclic) bond motifs is 1. The largest absolute Gasteiger partial charge is 0.481 e. The summed E-state index contributed by atoms with van der Waals surface area (Å²) in [6.07, 6.45) is 14.4. The van der Waals surface area contributed by atoms with Crippen LogP contribution in [0.1, 0.15) is 44.1 Å². The molecule has 1 heterocycles. The zero-order chi connectivity index (χ0) is 13.2. The van der Waals surface area contributed by atoms with Crippen molar-refractivity contribution < 1.29 is 9.90 Å². The number of carbonyl (C=O) groups is 1. The van der Waals surface area contributed by atoms with E-state index in [2.05, 4.69) is 17.1 Å². The Labute approximate surface area is 113 Å². The molecular weight excluding hydrogens is 238 g/mol. The SMILES string of the molecule is O=C(O)Cc1c[nH]c2c1=CC(C1CCCCC1)CC=2. The van der Waals surface area contributed by atoms with Crippen LogP contribution in [0.2, 0.25) is 0 Å². The molecule has 0 amide bonds. The van der Waals surface area contributed by atoms with Gasteiger partial charge in [0.1, 0.15) is 0 Å². The van der Waals surface area contributed by atoms with Gasteiger partial charge in [-0.1, -0.05) is 31.4 Å². The van der Waals surface area contributed by atoms with Gasteiger partial charge in [-0.05, 0) is 41.9 Å². The van der Waals surface area contributed by atoms with Crippen LogP contribution in [0.15, 0.2) is 6.20 Å². The number of hydrogen-bond donors (Lipinski definition) is 2. The number of rotatable bonds is 3. The lowest BCUT2D eigenvalue weighted by Crippen LogP contribution is -2.32. The van der Waals surface area contributed by atoms with Crippen molar-refractivity contribution in [1.29, 1.82) is 0 Å². The lowest BCUT2D eigenvalue weighted by atomic mass is 9.77. The van der Waals surface area contributed by atoms with Crippen LogP contribution in [0.3, 0.4) is 0 Å². The Morgan fingerprint density at radius 3 is 2.84 bits per heavy atom. The normalized spacial score (nSPS) is 23.3. The zero-order valence-electron chi connectivity index (χ0n) is 11.2. The van der Waals surface area contributed by atoms with E-state index in [1.807, 2.05) is 6.20 Å². The summed E-state index contributed by atoms with van der Waals surface area (Å²) in [4.78, 5) is 14.1. The van der Waals surface area contributed by atoms with E-state index in [0.717, 1.165) is 28.5 Å². The Kier molecular flexibility index (Phi) is 3.45. The topological polar surface area (TPSA) is 53.1 Å². The van der Waals surface area contributed by atoms with E-state index < -0.39 is 5.97 Å². The Bertz CT molecular complexity index is 578. The van der Waals surface area contributed by atoms with Crippen LogP contribution in [0.4, 0.5) is 0 Å². The van der Waals surface area contributed by atoms with Gasteiger partial charge in [-0.15, -0.1) is 0 Å². The van der Waals surface area contributed by atoms with Gasteiger partial charge in [0, 0.05) is 11.5 Å². The number of aromatic nitrogens is 1. The standard InChI is InChI=1S/C16H21NO2/c18-16(19)9-13-10-17-15-7-6-12(8-14(13)15)11-4-2-1-3-5-11/h7-8,10-12,17H,1-6,9H2,(H,18,19). The van der Waals surface area contributed by atoms with E-state index in [4.69, 9.17) is 5.11 Å². The molecule has 0 saturated heterocycles. The highest BCUT2D eigenvalue weighted by molar-refractivity contribution is 5.70. The Morgan fingerprint density at radius 2 is 2.11 bits per heavy atom. The smallest absolute Gasteiger partial charge is 0.307 e. The molecule has 2 aliphatic carbocycles. The van der Waals surface area contributed by atoms with Crippen LogP contribution < -0.4 is 10.6 Å². The van der Waals surface area contributed by atoms with Gasteiger partial charge < -0.3 is 10.1 Å². The van der Waals surface area contributed by atoms with Gasteiger partial charge in [-0.2, -0.15) is 0 Å². The molecule has 1 saturated carbocycles. The second-order valence-electron chi connectivity index (χ2n) is 5.88. The molecule has 0 spiro atoms. The van der Waals surface area contributed by atoms with Crippen molar-refractivity contribution in [3.63, 3.8) is 0 Å². The van der Waals surface area contributed by atoms with E-state index in [1.54, 1.807) is 0 Å². The molecule has 3 rings (SSSR count). The molecule has 102 valence electrons. The van der Waals surface area contributed by atoms with Crippen LogP contribution in [-0.4, -0.2) is 16.1 Å². The average Bonchev–Trinajstić information content (AvgIpc) is 2.82. The number of H-pyrrole nitrogens is 1. The van der Waals surface area contributed by atoms with Crippen molar-refractivity contribution in [1.82, 2.24) is 4.98 Å². The molecule has 1 unspecified atom stereocenters. The summed E-state index contributed by atoms with van der Waals surface area (Å²) < 4.78 is 0. The summed E-state index contributed by atoms with van der Waals surface area (Å²) in [5.74, 6) is 0.650. The number of carboxylic acid groups (broad SMARTS) is 1. The maximum absolute atomic E-state index is 10.9. The van der Waals surface area contributed by atoms with Gasteiger partial charge in [0.2, 0.25) is 0 Å². The Balaban J connectivity index is 1.89. The van der Waals surface area contributed by atoms with E-state index in [-0.39, 0.29) is 6.42 Å². The first-order valence-electron chi connectivity index (χ1n) is 7.34. The fraction of sp³-hybridized carbons (Fsp3) is 0.562. The minimum atomic E-state index is -0.755. The maximum Gasteiger partial charge on any atom is 0.307 e. The molecule has 2 aliphatic rings. The minimum absolute atomic E-state index is 0.119. The van der Waals surface area contributed by atoms with Crippen LogP contribution in [0.5, 0.6) is 0 Å². The van der Waals surface area contributed by atoms with Crippen molar-refractivity contribution in [3.05, 3.63) is 22.3 Å². The average molecular weight is 259 g/mol. The molecule has 0 aliphatic heterocycles. The van der Waals surface area contributed by atoms with Gasteiger partial charge >= 0.3 is 5.97 Å². The zero-order valence-corrected chi connectivity index (χ0v) is 11.2. The highest BCUT2D eigenvalue weighted by Gasteiger charge is 2.23. The van der Waals surface area contributed by atoms with Crippen molar-refractivity contribution in [2.45, 2.75) is 44.9 Å². The lowest BCUT2D eigenvalue weighted by molar-refractivity contribution is -0.136. The van der Waals surface area contributed by atoms with Crippen LogP contribution in [0, 0.1) is 11.8 Å². The molecule has 0 radical (unpaired) electrons. The van der Waals surface area contributed by atoms with Gasteiger partial charge in [-0.25, -0.2) is 0 Å². The summed E-state index contributed by atoms with van der Waals surface area (Å²) in [5.41, 5.74) is 0.930. The number of aromatic amines is 1. The minimum Gasteiger partial charge on any atom is -0.481 e. The molecule has 1 fully saturated rings. The summed E-state index contributed by atoms with van der Waals surface area (Å²) in [6.45, 7) is 0. The number of carboxylic acids is 1. The number of nitrogens with one attached hydrogen (secondary N) is 1. The molecule has 3 nitrogen and oxygen atoms in total. The molecular formula is C16H21NO2. The molecule has 19 heavy (non-hydrogen) atoms. The lowest BCUT2D eigenvalue weighted by Gasteiger charge is -2.28. The second-order valence-corrected chi connectivity index (χ2v) is 5.88. The van der Waals surface area contributed by atoms with E-state index >= 15 is 0 Å². The third-order valence-corrected chi connectivity index (χ3v) is 4.61. The molecule has 0 bridgehead atoms. The third-order valence-electron chi connectivity index (χ3n) is 4.61. The molecule has 2 N–H and O–H groups in total.